The minimum atomic E-state index is -3.36. The summed E-state index contributed by atoms with van der Waals surface area (Å²) >= 11 is 0. The van der Waals surface area contributed by atoms with Gasteiger partial charge in [-0.1, -0.05) is 0 Å². The van der Waals surface area contributed by atoms with E-state index in [1.165, 1.54) is 8.61 Å². The first-order valence-electron chi connectivity index (χ1n) is 6.46. The number of hydrogen-bond acceptors (Lipinski definition) is 4. The molecule has 2 saturated heterocycles. The molecule has 0 aliphatic carbocycles. The molecule has 106 valence electrons. The van der Waals surface area contributed by atoms with Crippen LogP contribution in [-0.4, -0.2) is 79.5 Å². The Balaban J connectivity index is 2.03. The van der Waals surface area contributed by atoms with Crippen LogP contribution in [-0.2, 0) is 10.2 Å². The predicted molar refractivity (Wildman–Crippen MR) is 69.4 cm³/mol. The van der Waals surface area contributed by atoms with Crippen LogP contribution < -0.4 is 0 Å². The van der Waals surface area contributed by atoms with E-state index in [4.69, 9.17) is 0 Å². The lowest BCUT2D eigenvalue weighted by Gasteiger charge is -2.28. The van der Waals surface area contributed by atoms with Crippen LogP contribution in [0.1, 0.15) is 19.3 Å². The highest BCUT2D eigenvalue weighted by atomic mass is 32.2. The van der Waals surface area contributed by atoms with Gasteiger partial charge in [0.1, 0.15) is 0 Å². The van der Waals surface area contributed by atoms with Crippen molar-refractivity contribution in [2.75, 3.05) is 46.8 Å². The van der Waals surface area contributed by atoms with E-state index in [2.05, 4.69) is 0 Å². The zero-order valence-electron chi connectivity index (χ0n) is 11.2. The van der Waals surface area contributed by atoms with Gasteiger partial charge in [-0.25, -0.2) is 0 Å². The van der Waals surface area contributed by atoms with Crippen LogP contribution in [0.15, 0.2) is 0 Å². The molecule has 2 aliphatic heterocycles. The van der Waals surface area contributed by atoms with Crippen LogP contribution in [0.3, 0.4) is 0 Å². The van der Waals surface area contributed by atoms with Crippen molar-refractivity contribution in [1.29, 1.82) is 0 Å². The van der Waals surface area contributed by atoms with E-state index in [1.54, 1.807) is 0 Å². The smallest absolute Gasteiger partial charge is 0.282 e. The fourth-order valence-corrected chi connectivity index (χ4v) is 4.59. The van der Waals surface area contributed by atoms with E-state index < -0.39 is 15.8 Å². The van der Waals surface area contributed by atoms with Crippen molar-refractivity contribution >= 4 is 10.2 Å². The van der Waals surface area contributed by atoms with Crippen molar-refractivity contribution in [3.63, 3.8) is 0 Å². The Labute approximate surface area is 109 Å². The summed E-state index contributed by atoms with van der Waals surface area (Å²) in [6.45, 7) is 2.36. The average Bonchev–Trinajstić information content (AvgIpc) is 2.85. The third-order valence-corrected chi connectivity index (χ3v) is 5.61. The monoisotopic (exact) mass is 277 g/mol. The van der Waals surface area contributed by atoms with E-state index in [-0.39, 0.29) is 6.54 Å². The average molecular weight is 277 g/mol. The Kier molecular flexibility index (Phi) is 3.99. The Morgan fingerprint density at radius 3 is 2.33 bits per heavy atom. The summed E-state index contributed by atoms with van der Waals surface area (Å²) in [5.74, 6) is 0. The van der Waals surface area contributed by atoms with E-state index in [0.717, 1.165) is 12.8 Å². The molecule has 0 radical (unpaired) electrons. The lowest BCUT2D eigenvalue weighted by Crippen LogP contribution is -2.46. The van der Waals surface area contributed by atoms with Gasteiger partial charge >= 0.3 is 0 Å². The van der Waals surface area contributed by atoms with Crippen molar-refractivity contribution in [3.8, 4) is 0 Å². The molecule has 1 N–H and O–H groups in total. The van der Waals surface area contributed by atoms with Gasteiger partial charge in [0.2, 0.25) is 0 Å². The predicted octanol–water partition coefficient (Wildman–Crippen LogP) is -0.675. The van der Waals surface area contributed by atoms with E-state index in [9.17, 15) is 13.5 Å². The summed E-state index contributed by atoms with van der Waals surface area (Å²) in [6.07, 6.45) is 2.39. The van der Waals surface area contributed by atoms with Crippen LogP contribution in [0.5, 0.6) is 0 Å². The number of rotatable bonds is 4. The number of β-amino-alcohol motifs (C(OH)–C–C–N with tert-alkyl or cyclic N) is 1. The molecule has 6 nitrogen and oxygen atoms in total. The number of nitrogens with zero attached hydrogens (tertiary/aromatic N) is 3. The molecule has 0 bridgehead atoms. The van der Waals surface area contributed by atoms with E-state index >= 15 is 0 Å². The molecule has 0 aromatic carbocycles. The SMILES string of the molecule is CN(C)C[C@]1(O)CCN(S(=O)(=O)N2CCCC2)C1. The second-order valence-electron chi connectivity index (χ2n) is 5.66. The Bertz CT molecular complexity index is 392. The molecule has 0 saturated carbocycles. The summed E-state index contributed by atoms with van der Waals surface area (Å²) in [5, 5.41) is 10.4. The Morgan fingerprint density at radius 2 is 1.78 bits per heavy atom. The van der Waals surface area contributed by atoms with Gasteiger partial charge < -0.3 is 10.0 Å². The molecule has 2 aliphatic rings. The minimum Gasteiger partial charge on any atom is -0.387 e. The van der Waals surface area contributed by atoms with Gasteiger partial charge in [0.05, 0.1) is 5.60 Å². The van der Waals surface area contributed by atoms with Crippen LogP contribution in [0.2, 0.25) is 0 Å². The lowest BCUT2D eigenvalue weighted by atomic mass is 10.0. The van der Waals surface area contributed by atoms with Gasteiger partial charge in [0.25, 0.3) is 10.2 Å². The third-order valence-electron chi connectivity index (χ3n) is 3.63. The zero-order valence-corrected chi connectivity index (χ0v) is 12.0. The molecule has 0 spiro atoms. The summed E-state index contributed by atoms with van der Waals surface area (Å²) in [6, 6.07) is 0. The molecule has 18 heavy (non-hydrogen) atoms. The van der Waals surface area contributed by atoms with Crippen LogP contribution in [0, 0.1) is 0 Å². The molecule has 2 heterocycles. The molecule has 0 amide bonds. The number of hydrogen-bond donors (Lipinski definition) is 1. The van der Waals surface area contributed by atoms with Crippen LogP contribution in [0.4, 0.5) is 0 Å². The van der Waals surface area contributed by atoms with Gasteiger partial charge in [-0.05, 0) is 33.4 Å². The maximum absolute atomic E-state index is 12.3. The highest BCUT2D eigenvalue weighted by Gasteiger charge is 2.43. The summed E-state index contributed by atoms with van der Waals surface area (Å²) < 4.78 is 27.6. The lowest BCUT2D eigenvalue weighted by molar-refractivity contribution is 0.0299. The zero-order chi connectivity index (χ0) is 13.4. The summed E-state index contributed by atoms with van der Waals surface area (Å²) in [4.78, 5) is 1.89. The van der Waals surface area contributed by atoms with Crippen molar-refractivity contribution in [2.24, 2.45) is 0 Å². The van der Waals surface area contributed by atoms with Gasteiger partial charge in [0, 0.05) is 32.7 Å². The van der Waals surface area contributed by atoms with Crippen molar-refractivity contribution in [3.05, 3.63) is 0 Å². The van der Waals surface area contributed by atoms with Gasteiger partial charge in [-0.2, -0.15) is 17.0 Å². The molecular weight excluding hydrogens is 254 g/mol. The molecule has 0 aromatic heterocycles. The van der Waals surface area contributed by atoms with Gasteiger partial charge in [-0.15, -0.1) is 0 Å². The topological polar surface area (TPSA) is 64.1 Å². The third kappa shape index (κ3) is 2.85. The second kappa shape index (κ2) is 5.05. The standard InChI is InChI=1S/C11H23N3O3S/c1-12(2)9-11(15)5-8-14(10-11)18(16,17)13-6-3-4-7-13/h15H,3-10H2,1-2H3/t11-/m1/s1. The molecular formula is C11H23N3O3S. The first-order valence-corrected chi connectivity index (χ1v) is 7.86. The maximum atomic E-state index is 12.3. The van der Waals surface area contributed by atoms with Crippen molar-refractivity contribution in [1.82, 2.24) is 13.5 Å². The fourth-order valence-electron chi connectivity index (χ4n) is 2.82. The molecule has 7 heteroatoms. The highest BCUT2D eigenvalue weighted by molar-refractivity contribution is 7.86. The van der Waals surface area contributed by atoms with Gasteiger partial charge in [0.15, 0.2) is 0 Å². The quantitative estimate of drug-likeness (QED) is 0.740. The molecule has 0 unspecified atom stereocenters. The highest BCUT2D eigenvalue weighted by Crippen LogP contribution is 2.27. The van der Waals surface area contributed by atoms with E-state index in [0.29, 0.717) is 32.6 Å². The second-order valence-corrected chi connectivity index (χ2v) is 7.59. The van der Waals surface area contributed by atoms with Gasteiger partial charge in [-0.3, -0.25) is 0 Å². The molecule has 2 fully saturated rings. The fraction of sp³-hybridized carbons (Fsp3) is 1.00. The van der Waals surface area contributed by atoms with E-state index in [1.807, 2.05) is 19.0 Å². The number of aliphatic hydroxyl groups is 1. The Morgan fingerprint density at radius 1 is 1.17 bits per heavy atom. The minimum absolute atomic E-state index is 0.212. The Hall–Kier alpha value is -0.210. The normalized spacial score (nSPS) is 31.6. The first-order chi connectivity index (χ1) is 8.33. The van der Waals surface area contributed by atoms with Crippen molar-refractivity contribution in [2.45, 2.75) is 24.9 Å². The van der Waals surface area contributed by atoms with Crippen molar-refractivity contribution < 1.29 is 13.5 Å². The maximum Gasteiger partial charge on any atom is 0.282 e. The summed E-state index contributed by atoms with van der Waals surface area (Å²) in [5.41, 5.74) is -0.906. The van der Waals surface area contributed by atoms with Crippen LogP contribution in [0.25, 0.3) is 0 Å². The van der Waals surface area contributed by atoms with Crippen LogP contribution >= 0.6 is 0 Å². The summed E-state index contributed by atoms with van der Waals surface area (Å²) in [7, 11) is 0.412. The number of likely N-dealkylation sites (N-methyl/N-ethyl adjacent to an activating group) is 1. The molecule has 0 aromatic rings. The largest absolute Gasteiger partial charge is 0.387 e. The first kappa shape index (κ1) is 14.2. The molecule has 1 atom stereocenters. The molecule has 2 rings (SSSR count).